The zero-order chi connectivity index (χ0) is 10.4. The van der Waals surface area contributed by atoms with Crippen molar-refractivity contribution in [2.24, 2.45) is 16.6 Å². The number of hydrogen-bond acceptors (Lipinski definition) is 3. The third kappa shape index (κ3) is 2.51. The van der Waals surface area contributed by atoms with Crippen LogP contribution in [0.3, 0.4) is 0 Å². The van der Waals surface area contributed by atoms with E-state index in [-0.39, 0.29) is 5.84 Å². The predicted octanol–water partition coefficient (Wildman–Crippen LogP) is 0.0913. The van der Waals surface area contributed by atoms with E-state index in [1.54, 1.807) is 24.3 Å². The average Bonchev–Trinajstić information content (AvgIpc) is 2.26. The second-order valence-electron chi connectivity index (χ2n) is 2.57. The van der Waals surface area contributed by atoms with E-state index in [9.17, 15) is 0 Å². The highest BCUT2D eigenvalue weighted by Gasteiger charge is 1.96. The van der Waals surface area contributed by atoms with Crippen LogP contribution in [0.1, 0.15) is 11.1 Å². The van der Waals surface area contributed by atoms with Crippen LogP contribution in [0.4, 0.5) is 0 Å². The molecule has 0 saturated carbocycles. The molecule has 5 N–H and O–H groups in total. The molecule has 0 spiro atoms. The summed E-state index contributed by atoms with van der Waals surface area (Å²) in [5.74, 6) is 5.69. The molecule has 0 atom stereocenters. The SMILES string of the molecule is NCC#Cc1ccc(C(N)=NO)cc1. The molecule has 0 aliphatic rings. The van der Waals surface area contributed by atoms with E-state index in [4.69, 9.17) is 16.7 Å². The van der Waals surface area contributed by atoms with E-state index in [2.05, 4.69) is 17.0 Å². The van der Waals surface area contributed by atoms with Crippen LogP contribution in [0.15, 0.2) is 29.4 Å². The molecule has 4 nitrogen and oxygen atoms in total. The number of nitrogens with two attached hydrogens (primary N) is 2. The molecule has 0 heterocycles. The van der Waals surface area contributed by atoms with Crippen LogP contribution in [0.2, 0.25) is 0 Å². The summed E-state index contributed by atoms with van der Waals surface area (Å²) in [4.78, 5) is 0. The fourth-order valence-corrected chi connectivity index (χ4v) is 0.935. The van der Waals surface area contributed by atoms with Crippen LogP contribution in [0, 0.1) is 11.8 Å². The van der Waals surface area contributed by atoms with Crippen LogP contribution in [0.5, 0.6) is 0 Å². The molecule has 4 heteroatoms. The van der Waals surface area contributed by atoms with Crippen molar-refractivity contribution < 1.29 is 5.21 Å². The lowest BCUT2D eigenvalue weighted by atomic mass is 10.1. The summed E-state index contributed by atoms with van der Waals surface area (Å²) in [5.41, 5.74) is 12.1. The fraction of sp³-hybridized carbons (Fsp3) is 0.100. The third-order valence-electron chi connectivity index (χ3n) is 1.62. The van der Waals surface area contributed by atoms with Crippen LogP contribution in [-0.4, -0.2) is 17.6 Å². The smallest absolute Gasteiger partial charge is 0.170 e. The van der Waals surface area contributed by atoms with Gasteiger partial charge in [-0.25, -0.2) is 0 Å². The minimum atomic E-state index is 0.0864. The van der Waals surface area contributed by atoms with Gasteiger partial charge in [-0.3, -0.25) is 0 Å². The number of oxime groups is 1. The standard InChI is InChI=1S/C10H11N3O/c11-7-1-2-8-3-5-9(6-4-8)10(12)13-14/h3-6,14H,7,11H2,(H2,12,13). The lowest BCUT2D eigenvalue weighted by Crippen LogP contribution is -2.12. The Morgan fingerprint density at radius 1 is 1.36 bits per heavy atom. The maximum atomic E-state index is 8.42. The summed E-state index contributed by atoms with van der Waals surface area (Å²) < 4.78 is 0. The molecule has 1 rings (SSSR count). The lowest BCUT2D eigenvalue weighted by Gasteiger charge is -1.97. The zero-order valence-electron chi connectivity index (χ0n) is 7.57. The minimum absolute atomic E-state index is 0.0864. The van der Waals surface area contributed by atoms with E-state index < -0.39 is 0 Å². The number of nitrogens with zero attached hydrogens (tertiary/aromatic N) is 1. The van der Waals surface area contributed by atoms with E-state index in [1.807, 2.05) is 0 Å². The van der Waals surface area contributed by atoms with Crippen molar-refractivity contribution in [1.82, 2.24) is 0 Å². The number of rotatable bonds is 1. The van der Waals surface area contributed by atoms with Crippen molar-refractivity contribution >= 4 is 5.84 Å². The quantitative estimate of drug-likeness (QED) is 0.192. The monoisotopic (exact) mass is 189 g/mol. The highest BCUT2D eigenvalue weighted by atomic mass is 16.4. The van der Waals surface area contributed by atoms with Crippen molar-refractivity contribution in [2.45, 2.75) is 0 Å². The molecule has 1 aromatic carbocycles. The van der Waals surface area contributed by atoms with Crippen molar-refractivity contribution in [3.05, 3.63) is 35.4 Å². The van der Waals surface area contributed by atoms with Crippen LogP contribution in [-0.2, 0) is 0 Å². The maximum absolute atomic E-state index is 8.42. The molecule has 0 unspecified atom stereocenters. The van der Waals surface area contributed by atoms with E-state index in [0.29, 0.717) is 12.1 Å². The molecule has 0 aromatic heterocycles. The Morgan fingerprint density at radius 3 is 2.50 bits per heavy atom. The summed E-state index contributed by atoms with van der Waals surface area (Å²) in [7, 11) is 0. The topological polar surface area (TPSA) is 84.6 Å². The van der Waals surface area contributed by atoms with Gasteiger partial charge in [-0.05, 0) is 24.3 Å². The number of amidine groups is 1. The summed E-state index contributed by atoms with van der Waals surface area (Å²) in [5, 5.41) is 11.3. The van der Waals surface area contributed by atoms with Gasteiger partial charge in [0, 0.05) is 11.1 Å². The molecule has 0 bridgehead atoms. The lowest BCUT2D eigenvalue weighted by molar-refractivity contribution is 0.318. The van der Waals surface area contributed by atoms with Gasteiger partial charge in [0.15, 0.2) is 5.84 Å². The van der Waals surface area contributed by atoms with Crippen molar-refractivity contribution in [1.29, 1.82) is 0 Å². The molecule has 0 aliphatic heterocycles. The number of benzene rings is 1. The minimum Gasteiger partial charge on any atom is -0.409 e. The van der Waals surface area contributed by atoms with Gasteiger partial charge in [0.1, 0.15) is 0 Å². The first-order valence-electron chi connectivity index (χ1n) is 4.05. The number of hydrogen-bond donors (Lipinski definition) is 3. The molecule has 0 aliphatic carbocycles. The van der Waals surface area contributed by atoms with Crippen LogP contribution in [0.25, 0.3) is 0 Å². The second-order valence-corrected chi connectivity index (χ2v) is 2.57. The van der Waals surface area contributed by atoms with Gasteiger partial charge in [-0.2, -0.15) is 0 Å². The summed E-state index contributed by atoms with van der Waals surface area (Å²) in [6.45, 7) is 0.335. The van der Waals surface area contributed by atoms with E-state index in [0.717, 1.165) is 5.56 Å². The van der Waals surface area contributed by atoms with Gasteiger partial charge in [-0.15, -0.1) is 0 Å². The molecule has 0 fully saturated rings. The van der Waals surface area contributed by atoms with Gasteiger partial charge in [0.25, 0.3) is 0 Å². The van der Waals surface area contributed by atoms with Crippen molar-refractivity contribution in [2.75, 3.05) is 6.54 Å². The summed E-state index contributed by atoms with van der Waals surface area (Å²) in [6, 6.07) is 7.04. The zero-order valence-corrected chi connectivity index (χ0v) is 7.57. The molecule has 0 amide bonds. The first-order valence-corrected chi connectivity index (χ1v) is 4.05. The molecular weight excluding hydrogens is 178 g/mol. The summed E-state index contributed by atoms with van der Waals surface area (Å²) >= 11 is 0. The largest absolute Gasteiger partial charge is 0.409 e. The predicted molar refractivity (Wildman–Crippen MR) is 54.9 cm³/mol. The highest BCUT2D eigenvalue weighted by molar-refractivity contribution is 5.97. The van der Waals surface area contributed by atoms with Crippen LogP contribution < -0.4 is 11.5 Å². The Morgan fingerprint density at radius 2 is 2.00 bits per heavy atom. The Hall–Kier alpha value is -1.99. The first kappa shape index (κ1) is 10.1. The first-order chi connectivity index (χ1) is 6.77. The van der Waals surface area contributed by atoms with Crippen molar-refractivity contribution in [3.8, 4) is 11.8 Å². The molecular formula is C10H11N3O. The molecule has 0 saturated heterocycles. The normalized spacial score (nSPS) is 10.5. The Balaban J connectivity index is 2.89. The van der Waals surface area contributed by atoms with Crippen molar-refractivity contribution in [3.63, 3.8) is 0 Å². The van der Waals surface area contributed by atoms with E-state index in [1.165, 1.54) is 0 Å². The Labute approximate surface area is 82.2 Å². The molecule has 72 valence electrons. The fourth-order valence-electron chi connectivity index (χ4n) is 0.935. The second kappa shape index (κ2) is 4.90. The van der Waals surface area contributed by atoms with Gasteiger partial charge >= 0.3 is 0 Å². The molecule has 0 radical (unpaired) electrons. The highest BCUT2D eigenvalue weighted by Crippen LogP contribution is 2.02. The summed E-state index contributed by atoms with van der Waals surface area (Å²) in [6.07, 6.45) is 0. The third-order valence-corrected chi connectivity index (χ3v) is 1.62. The Bertz CT molecular complexity index is 384. The average molecular weight is 189 g/mol. The Kier molecular flexibility index (Phi) is 3.53. The van der Waals surface area contributed by atoms with Gasteiger partial charge < -0.3 is 16.7 Å². The van der Waals surface area contributed by atoms with Gasteiger partial charge in [0.05, 0.1) is 6.54 Å². The van der Waals surface area contributed by atoms with Gasteiger partial charge in [0.2, 0.25) is 0 Å². The molecule has 1 aromatic rings. The van der Waals surface area contributed by atoms with E-state index >= 15 is 0 Å². The van der Waals surface area contributed by atoms with Crippen LogP contribution >= 0.6 is 0 Å². The maximum Gasteiger partial charge on any atom is 0.170 e. The van der Waals surface area contributed by atoms with Gasteiger partial charge in [-0.1, -0.05) is 17.0 Å². The molecule has 14 heavy (non-hydrogen) atoms.